The van der Waals surface area contributed by atoms with Crippen LogP contribution in [-0.4, -0.2) is 69.4 Å². The zero-order valence-electron chi connectivity index (χ0n) is 27.7. The fourth-order valence-electron chi connectivity index (χ4n) is 7.74. The standard InChI is InChI=1S/C36H46FN5O2.3ClH/c1-5-42-34(20-31(39-42)17-25-9-11-26(22-38)12-10-25)27-13-15-41(16-14-27)23-29-19-32(40(4)35(24(2)3)36(43)44)21-33(29)28-7-6-8-30(37)18-28;;;/h6-12,18,20,24,27,29,32-33,35H,5,13-17,19,21,23H2,1-4H3,(H,43,44);3*1H/t29?,32?,33?,35-;;;/m1.../s1. The lowest BCUT2D eigenvalue weighted by Crippen LogP contribution is -2.47. The molecule has 0 amide bonds. The van der Waals surface area contributed by atoms with E-state index in [4.69, 9.17) is 10.4 Å². The molecule has 3 unspecified atom stereocenters. The summed E-state index contributed by atoms with van der Waals surface area (Å²) in [5, 5.41) is 24.0. The minimum absolute atomic E-state index is 0. The van der Waals surface area contributed by atoms with Gasteiger partial charge in [-0.1, -0.05) is 38.1 Å². The monoisotopic (exact) mass is 707 g/mol. The molecule has 0 spiro atoms. The summed E-state index contributed by atoms with van der Waals surface area (Å²) in [7, 11) is 1.95. The summed E-state index contributed by atoms with van der Waals surface area (Å²) in [6, 6.07) is 18.8. The SMILES string of the molecule is CCn1nc(Cc2ccc(C#N)cc2)cc1C1CCN(CC2CC(N(C)[C@@H](C(=O)O)C(C)C)CC2c2cccc(F)c2)CC1.Cl.Cl.Cl. The topological polar surface area (TPSA) is 85.4 Å². The van der Waals surface area contributed by atoms with Gasteiger partial charge in [0.05, 0.1) is 17.3 Å². The van der Waals surface area contributed by atoms with Crippen LogP contribution in [0.5, 0.6) is 0 Å². The predicted octanol–water partition coefficient (Wildman–Crippen LogP) is 7.55. The van der Waals surface area contributed by atoms with Gasteiger partial charge < -0.3 is 10.0 Å². The second-order valence-corrected chi connectivity index (χ2v) is 13.2. The third kappa shape index (κ3) is 9.70. The smallest absolute Gasteiger partial charge is 0.321 e. The molecule has 3 aromatic rings. The average Bonchev–Trinajstić information content (AvgIpc) is 3.62. The van der Waals surface area contributed by atoms with Crippen LogP contribution in [0.3, 0.4) is 0 Å². The lowest BCUT2D eigenvalue weighted by atomic mass is 9.87. The number of likely N-dealkylation sites (N-methyl/N-ethyl adjacent to an activating group) is 1. The summed E-state index contributed by atoms with van der Waals surface area (Å²) in [4.78, 5) is 16.8. The highest BCUT2D eigenvalue weighted by atomic mass is 35.5. The highest BCUT2D eigenvalue weighted by Crippen LogP contribution is 2.43. The van der Waals surface area contributed by atoms with E-state index in [-0.39, 0.29) is 60.9 Å². The molecular formula is C36H49Cl3FN5O2. The van der Waals surface area contributed by atoms with Crippen LogP contribution in [0.4, 0.5) is 4.39 Å². The van der Waals surface area contributed by atoms with E-state index >= 15 is 0 Å². The first kappa shape index (κ1) is 40.5. The number of aryl methyl sites for hydroxylation is 1. The molecule has 1 aromatic heterocycles. The number of nitriles is 1. The number of aliphatic carboxylic acids is 1. The number of rotatable bonds is 11. The Morgan fingerprint density at radius 2 is 1.77 bits per heavy atom. The first-order chi connectivity index (χ1) is 21.2. The largest absolute Gasteiger partial charge is 0.480 e. The van der Waals surface area contributed by atoms with Crippen LogP contribution in [-0.2, 0) is 17.8 Å². The van der Waals surface area contributed by atoms with Gasteiger partial charge in [-0.25, -0.2) is 4.39 Å². The molecule has 2 fully saturated rings. The van der Waals surface area contributed by atoms with Crippen LogP contribution in [0.25, 0.3) is 0 Å². The van der Waals surface area contributed by atoms with Gasteiger partial charge in [-0.2, -0.15) is 10.4 Å². The third-order valence-corrected chi connectivity index (χ3v) is 9.97. The highest BCUT2D eigenvalue weighted by Gasteiger charge is 2.42. The molecule has 1 saturated carbocycles. The van der Waals surface area contributed by atoms with Crippen molar-refractivity contribution in [3.05, 3.63) is 88.5 Å². The van der Waals surface area contributed by atoms with Crippen molar-refractivity contribution in [1.82, 2.24) is 19.6 Å². The Balaban J connectivity index is 0.00000256. The van der Waals surface area contributed by atoms with Crippen LogP contribution < -0.4 is 0 Å². The van der Waals surface area contributed by atoms with Gasteiger partial charge in [-0.05, 0) is 112 Å². The quantitative estimate of drug-likeness (QED) is 0.222. The molecule has 11 heteroatoms. The number of halogens is 4. The second-order valence-electron chi connectivity index (χ2n) is 13.2. The first-order valence-corrected chi connectivity index (χ1v) is 16.1. The molecule has 1 aliphatic carbocycles. The molecule has 258 valence electrons. The Hall–Kier alpha value is -2.67. The van der Waals surface area contributed by atoms with Gasteiger partial charge in [0.15, 0.2) is 0 Å². The number of likely N-dealkylation sites (tertiary alicyclic amines) is 1. The van der Waals surface area contributed by atoms with Crippen molar-refractivity contribution in [3.8, 4) is 6.07 Å². The van der Waals surface area contributed by atoms with E-state index in [1.54, 1.807) is 12.1 Å². The summed E-state index contributed by atoms with van der Waals surface area (Å²) in [5.74, 6) is 0.00490. The minimum atomic E-state index is -0.776. The lowest BCUT2D eigenvalue weighted by Gasteiger charge is -2.35. The maximum Gasteiger partial charge on any atom is 0.321 e. The van der Waals surface area contributed by atoms with E-state index in [2.05, 4.69) is 33.5 Å². The number of carboxylic acids is 1. The van der Waals surface area contributed by atoms with E-state index in [0.717, 1.165) is 75.1 Å². The molecule has 2 aromatic carbocycles. The minimum Gasteiger partial charge on any atom is -0.480 e. The number of carbonyl (C=O) groups is 1. The summed E-state index contributed by atoms with van der Waals surface area (Å²) in [6.07, 6.45) is 4.64. The molecule has 5 rings (SSSR count). The number of piperidine rings is 1. The molecule has 2 aliphatic rings. The maximum atomic E-state index is 14.3. The van der Waals surface area contributed by atoms with Crippen LogP contribution in [0.2, 0.25) is 0 Å². The Labute approximate surface area is 297 Å². The van der Waals surface area contributed by atoms with E-state index in [1.165, 1.54) is 11.8 Å². The molecule has 1 aliphatic heterocycles. The van der Waals surface area contributed by atoms with Crippen molar-refractivity contribution >= 4 is 43.2 Å². The highest BCUT2D eigenvalue weighted by molar-refractivity contribution is 5.86. The number of nitrogens with zero attached hydrogens (tertiary/aromatic N) is 5. The van der Waals surface area contributed by atoms with E-state index < -0.39 is 12.0 Å². The van der Waals surface area contributed by atoms with Crippen LogP contribution in [0.1, 0.15) is 86.4 Å². The molecular weight excluding hydrogens is 660 g/mol. The zero-order valence-corrected chi connectivity index (χ0v) is 30.2. The van der Waals surface area contributed by atoms with Crippen molar-refractivity contribution in [3.63, 3.8) is 0 Å². The summed E-state index contributed by atoms with van der Waals surface area (Å²) in [6.45, 7) is 9.86. The van der Waals surface area contributed by atoms with Crippen molar-refractivity contribution in [2.45, 2.75) is 83.3 Å². The summed E-state index contributed by atoms with van der Waals surface area (Å²) in [5.41, 5.74) is 5.22. The molecule has 7 nitrogen and oxygen atoms in total. The van der Waals surface area contributed by atoms with Gasteiger partial charge in [0.1, 0.15) is 11.9 Å². The van der Waals surface area contributed by atoms with Gasteiger partial charge in [-0.3, -0.25) is 14.4 Å². The third-order valence-electron chi connectivity index (χ3n) is 9.97. The van der Waals surface area contributed by atoms with Gasteiger partial charge in [0.2, 0.25) is 0 Å². The van der Waals surface area contributed by atoms with Gasteiger partial charge in [-0.15, -0.1) is 37.2 Å². The zero-order chi connectivity index (χ0) is 31.4. The molecule has 1 saturated heterocycles. The Kier molecular flexibility index (Phi) is 15.7. The second kappa shape index (κ2) is 18.2. The van der Waals surface area contributed by atoms with Crippen molar-refractivity contribution < 1.29 is 14.3 Å². The van der Waals surface area contributed by atoms with Crippen molar-refractivity contribution in [1.29, 1.82) is 5.26 Å². The summed E-state index contributed by atoms with van der Waals surface area (Å²) < 4.78 is 16.5. The van der Waals surface area contributed by atoms with E-state index in [0.29, 0.717) is 17.4 Å². The number of aromatic nitrogens is 2. The fraction of sp³-hybridized carbons (Fsp3) is 0.528. The van der Waals surface area contributed by atoms with Gasteiger partial charge in [0, 0.05) is 37.2 Å². The Morgan fingerprint density at radius 1 is 1.09 bits per heavy atom. The van der Waals surface area contributed by atoms with Crippen molar-refractivity contribution in [2.24, 2.45) is 11.8 Å². The molecule has 0 radical (unpaired) electrons. The van der Waals surface area contributed by atoms with Crippen LogP contribution in [0.15, 0.2) is 54.6 Å². The number of hydrogen-bond acceptors (Lipinski definition) is 5. The molecule has 4 atom stereocenters. The lowest BCUT2D eigenvalue weighted by molar-refractivity contribution is -0.145. The fourth-order valence-corrected chi connectivity index (χ4v) is 7.74. The molecule has 1 N–H and O–H groups in total. The van der Waals surface area contributed by atoms with E-state index in [1.807, 2.05) is 51.2 Å². The predicted molar refractivity (Wildman–Crippen MR) is 192 cm³/mol. The van der Waals surface area contributed by atoms with Gasteiger partial charge in [0.25, 0.3) is 0 Å². The Morgan fingerprint density at radius 3 is 2.34 bits per heavy atom. The van der Waals surface area contributed by atoms with E-state index in [9.17, 15) is 14.3 Å². The van der Waals surface area contributed by atoms with Crippen LogP contribution in [0, 0.1) is 29.0 Å². The van der Waals surface area contributed by atoms with Crippen molar-refractivity contribution in [2.75, 3.05) is 26.7 Å². The summed E-state index contributed by atoms with van der Waals surface area (Å²) >= 11 is 0. The Bertz CT molecular complexity index is 1470. The number of hydrogen-bond donors (Lipinski definition) is 1. The molecule has 0 bridgehead atoms. The average molecular weight is 709 g/mol. The molecule has 2 heterocycles. The number of carboxylic acid groups (broad SMARTS) is 1. The van der Waals surface area contributed by atoms with Crippen LogP contribution >= 0.6 is 37.2 Å². The normalized spacial score (nSPS) is 20.6. The molecule has 47 heavy (non-hydrogen) atoms. The number of benzene rings is 2. The van der Waals surface area contributed by atoms with Gasteiger partial charge >= 0.3 is 5.97 Å². The first-order valence-electron chi connectivity index (χ1n) is 16.1. The maximum absolute atomic E-state index is 14.3.